The number of esters is 2. The van der Waals surface area contributed by atoms with Crippen molar-refractivity contribution in [2.75, 3.05) is 14.2 Å². The molecule has 96 valence electrons. The predicted molar refractivity (Wildman–Crippen MR) is 68.6 cm³/mol. The van der Waals surface area contributed by atoms with E-state index < -0.39 is 17.9 Å². The maximum atomic E-state index is 11.3. The van der Waals surface area contributed by atoms with Crippen molar-refractivity contribution in [1.82, 2.24) is 0 Å². The summed E-state index contributed by atoms with van der Waals surface area (Å²) in [6, 6.07) is 0. The first-order valence-corrected chi connectivity index (χ1v) is 5.99. The lowest BCUT2D eigenvalue weighted by Gasteiger charge is -2.11. The minimum atomic E-state index is -0.832. The van der Waals surface area contributed by atoms with Crippen LogP contribution in [-0.2, 0) is 19.1 Å². The van der Waals surface area contributed by atoms with Crippen LogP contribution in [0.3, 0.4) is 0 Å². The smallest absolute Gasteiger partial charge is 0.320 e. The lowest BCUT2D eigenvalue weighted by Crippen LogP contribution is -2.26. The van der Waals surface area contributed by atoms with Crippen LogP contribution in [0.5, 0.6) is 0 Å². The van der Waals surface area contributed by atoms with Crippen LogP contribution >= 0.6 is 15.9 Å². The van der Waals surface area contributed by atoms with Crippen LogP contribution in [0.4, 0.5) is 0 Å². The molecule has 0 atom stereocenters. The molecule has 0 aliphatic heterocycles. The molecule has 0 amide bonds. The fourth-order valence-electron chi connectivity index (χ4n) is 1.26. The van der Waals surface area contributed by atoms with Crippen molar-refractivity contribution >= 4 is 27.9 Å². The van der Waals surface area contributed by atoms with Crippen molar-refractivity contribution in [2.45, 2.75) is 19.3 Å². The molecule has 0 saturated heterocycles. The number of carbonyl (C=O) groups excluding carboxylic acids is 2. The van der Waals surface area contributed by atoms with Gasteiger partial charge in [-0.05, 0) is 19.3 Å². The van der Waals surface area contributed by atoms with Crippen molar-refractivity contribution in [1.29, 1.82) is 0 Å². The molecule has 0 bridgehead atoms. The largest absolute Gasteiger partial charge is 0.468 e. The Hall–Kier alpha value is -1.10. The summed E-state index contributed by atoms with van der Waals surface area (Å²) in [5.41, 5.74) is 0. The second-order valence-electron chi connectivity index (χ2n) is 3.32. The van der Waals surface area contributed by atoms with Gasteiger partial charge < -0.3 is 9.47 Å². The number of hydrogen-bond acceptors (Lipinski definition) is 4. The molecule has 0 aliphatic carbocycles. The first-order chi connectivity index (χ1) is 8.06. The van der Waals surface area contributed by atoms with Gasteiger partial charge in [0, 0.05) is 4.48 Å². The van der Waals surface area contributed by atoms with E-state index >= 15 is 0 Å². The molecule has 4 nitrogen and oxygen atoms in total. The molecule has 0 spiro atoms. The van der Waals surface area contributed by atoms with E-state index in [1.807, 2.05) is 6.08 Å². The number of allylic oxidation sites excluding steroid dienone is 3. The molecule has 0 rings (SSSR count). The highest BCUT2D eigenvalue weighted by Crippen LogP contribution is 2.15. The van der Waals surface area contributed by atoms with Gasteiger partial charge >= 0.3 is 11.9 Å². The van der Waals surface area contributed by atoms with E-state index in [0.717, 1.165) is 10.9 Å². The normalized spacial score (nSPS) is 11.2. The third-order valence-electron chi connectivity index (χ3n) is 2.20. The number of ether oxygens (including phenoxy) is 2. The predicted octanol–water partition coefficient (Wildman–Crippen LogP) is 2.58. The van der Waals surface area contributed by atoms with E-state index in [2.05, 4.69) is 32.0 Å². The lowest BCUT2D eigenvalue weighted by atomic mass is 10.0. The minimum absolute atomic E-state index is 0.410. The molecule has 0 aromatic carbocycles. The highest BCUT2D eigenvalue weighted by atomic mass is 79.9. The van der Waals surface area contributed by atoms with Crippen molar-refractivity contribution in [3.8, 4) is 0 Å². The SMILES string of the molecule is C=C/C(Br)=C/CCCC(C(=O)OC)C(=O)OC. The number of rotatable bonds is 7. The molecule has 0 aromatic rings. The number of unbranched alkanes of at least 4 members (excludes halogenated alkanes) is 1. The molecule has 17 heavy (non-hydrogen) atoms. The lowest BCUT2D eigenvalue weighted by molar-refractivity contribution is -0.159. The summed E-state index contributed by atoms with van der Waals surface area (Å²) in [7, 11) is 2.51. The Morgan fingerprint density at radius 2 is 1.82 bits per heavy atom. The Kier molecular flexibility index (Phi) is 8.40. The van der Waals surface area contributed by atoms with E-state index in [1.165, 1.54) is 14.2 Å². The van der Waals surface area contributed by atoms with Gasteiger partial charge in [-0.15, -0.1) is 0 Å². The van der Waals surface area contributed by atoms with Gasteiger partial charge in [-0.1, -0.05) is 34.7 Å². The first-order valence-electron chi connectivity index (χ1n) is 5.20. The molecular weight excluding hydrogens is 288 g/mol. The van der Waals surface area contributed by atoms with Crippen molar-refractivity contribution < 1.29 is 19.1 Å². The fourth-order valence-corrected chi connectivity index (χ4v) is 1.49. The van der Waals surface area contributed by atoms with Gasteiger partial charge in [0.1, 0.15) is 0 Å². The van der Waals surface area contributed by atoms with Gasteiger partial charge in [-0.2, -0.15) is 0 Å². The molecule has 0 fully saturated rings. The van der Waals surface area contributed by atoms with Crippen LogP contribution in [0.2, 0.25) is 0 Å². The third-order valence-corrected chi connectivity index (χ3v) is 2.85. The van der Waals surface area contributed by atoms with Crippen LogP contribution in [0.1, 0.15) is 19.3 Å². The van der Waals surface area contributed by atoms with Gasteiger partial charge in [0.15, 0.2) is 5.92 Å². The van der Waals surface area contributed by atoms with Crippen LogP contribution in [0.15, 0.2) is 23.2 Å². The third kappa shape index (κ3) is 6.26. The Morgan fingerprint density at radius 1 is 1.29 bits per heavy atom. The van der Waals surface area contributed by atoms with Crippen molar-refractivity contribution in [3.05, 3.63) is 23.2 Å². The number of carbonyl (C=O) groups is 2. The fraction of sp³-hybridized carbons (Fsp3) is 0.500. The number of methoxy groups -OCH3 is 2. The maximum absolute atomic E-state index is 11.3. The van der Waals surface area contributed by atoms with Crippen LogP contribution in [0, 0.1) is 5.92 Å². The second-order valence-corrected chi connectivity index (χ2v) is 4.24. The molecule has 0 saturated carbocycles. The zero-order chi connectivity index (χ0) is 13.3. The van der Waals surface area contributed by atoms with E-state index in [-0.39, 0.29) is 0 Å². The Morgan fingerprint density at radius 3 is 2.24 bits per heavy atom. The zero-order valence-corrected chi connectivity index (χ0v) is 11.7. The van der Waals surface area contributed by atoms with Gasteiger partial charge in [0.2, 0.25) is 0 Å². The second kappa shape index (κ2) is 8.98. The Labute approximate surface area is 110 Å². The maximum Gasteiger partial charge on any atom is 0.320 e. The molecular formula is C12H17BrO4. The summed E-state index contributed by atoms with van der Waals surface area (Å²) in [6.07, 6.45) is 5.46. The monoisotopic (exact) mass is 304 g/mol. The summed E-state index contributed by atoms with van der Waals surface area (Å²) in [5, 5.41) is 0. The van der Waals surface area contributed by atoms with Crippen LogP contribution in [0.25, 0.3) is 0 Å². The highest BCUT2D eigenvalue weighted by Gasteiger charge is 2.27. The molecule has 0 heterocycles. The molecule has 5 heteroatoms. The Bertz CT molecular complexity index is 294. The van der Waals surface area contributed by atoms with Gasteiger partial charge in [-0.25, -0.2) is 0 Å². The quantitative estimate of drug-likeness (QED) is 0.314. The summed E-state index contributed by atoms with van der Waals surface area (Å²) < 4.78 is 10.0. The van der Waals surface area contributed by atoms with E-state index in [1.54, 1.807) is 6.08 Å². The first kappa shape index (κ1) is 15.9. The van der Waals surface area contributed by atoms with Crippen LogP contribution < -0.4 is 0 Å². The zero-order valence-electron chi connectivity index (χ0n) is 10.1. The number of hydrogen-bond donors (Lipinski definition) is 0. The molecule has 0 aromatic heterocycles. The standard InChI is InChI=1S/C12H17BrO4/c1-4-9(13)7-5-6-8-10(11(14)16-2)12(15)17-3/h4,7,10H,1,5-6,8H2,2-3H3/b9-7-. The summed E-state index contributed by atoms with van der Waals surface area (Å²) >= 11 is 3.29. The summed E-state index contributed by atoms with van der Waals surface area (Å²) in [6.45, 7) is 3.59. The molecule has 0 unspecified atom stereocenters. The highest BCUT2D eigenvalue weighted by molar-refractivity contribution is 9.11. The number of halogens is 1. The Balaban J connectivity index is 4.23. The van der Waals surface area contributed by atoms with Crippen molar-refractivity contribution in [2.24, 2.45) is 5.92 Å². The summed E-state index contributed by atoms with van der Waals surface area (Å²) in [5.74, 6) is -1.94. The van der Waals surface area contributed by atoms with E-state index in [9.17, 15) is 9.59 Å². The topological polar surface area (TPSA) is 52.6 Å². The minimum Gasteiger partial charge on any atom is -0.468 e. The van der Waals surface area contributed by atoms with E-state index in [0.29, 0.717) is 12.8 Å². The molecule has 0 N–H and O–H groups in total. The van der Waals surface area contributed by atoms with Crippen LogP contribution in [-0.4, -0.2) is 26.2 Å². The molecule has 0 aliphatic rings. The van der Waals surface area contributed by atoms with Gasteiger partial charge in [0.05, 0.1) is 14.2 Å². The van der Waals surface area contributed by atoms with Gasteiger partial charge in [0.25, 0.3) is 0 Å². The summed E-state index contributed by atoms with van der Waals surface area (Å²) in [4.78, 5) is 22.7. The van der Waals surface area contributed by atoms with Gasteiger partial charge in [-0.3, -0.25) is 9.59 Å². The average molecular weight is 305 g/mol. The molecule has 0 radical (unpaired) electrons. The average Bonchev–Trinajstić information content (AvgIpc) is 2.36. The van der Waals surface area contributed by atoms with E-state index in [4.69, 9.17) is 0 Å². The van der Waals surface area contributed by atoms with Crippen molar-refractivity contribution in [3.63, 3.8) is 0 Å².